The molecule has 6 nitrogen and oxygen atoms in total. The van der Waals surface area contributed by atoms with Crippen LogP contribution in [0.1, 0.15) is 18.4 Å². The Balaban J connectivity index is 1.97. The van der Waals surface area contributed by atoms with Crippen LogP contribution in [-0.4, -0.2) is 47.8 Å². The van der Waals surface area contributed by atoms with Crippen molar-refractivity contribution < 1.29 is 9.59 Å². The van der Waals surface area contributed by atoms with Crippen molar-refractivity contribution in [2.45, 2.75) is 25.4 Å². The number of nitrogens with zero attached hydrogens (tertiary/aromatic N) is 2. The summed E-state index contributed by atoms with van der Waals surface area (Å²) in [5, 5.41) is 0. The summed E-state index contributed by atoms with van der Waals surface area (Å²) >= 11 is 0. The molecule has 2 amide bonds. The SMILES string of the molecule is CN(C(=O)CN(CC(N)=O)Cc1ccc(N)cc1)C1CC1. The molecule has 1 aliphatic carbocycles. The van der Waals surface area contributed by atoms with Crippen LogP contribution in [0.3, 0.4) is 0 Å². The molecular weight excluding hydrogens is 268 g/mol. The molecule has 1 aliphatic rings. The Bertz CT molecular complexity index is 511. The molecule has 1 fully saturated rings. The number of rotatable bonds is 7. The Morgan fingerprint density at radius 2 is 1.81 bits per heavy atom. The van der Waals surface area contributed by atoms with Crippen LogP contribution >= 0.6 is 0 Å². The molecule has 4 N–H and O–H groups in total. The minimum atomic E-state index is -0.438. The van der Waals surface area contributed by atoms with Gasteiger partial charge >= 0.3 is 0 Å². The van der Waals surface area contributed by atoms with Crippen LogP contribution in [-0.2, 0) is 16.1 Å². The molecule has 1 saturated carbocycles. The van der Waals surface area contributed by atoms with Gasteiger partial charge in [0.25, 0.3) is 0 Å². The summed E-state index contributed by atoms with van der Waals surface area (Å²) in [6.07, 6.45) is 2.13. The van der Waals surface area contributed by atoms with Crippen LogP contribution in [0.2, 0.25) is 0 Å². The normalized spacial score (nSPS) is 14.2. The Morgan fingerprint density at radius 1 is 1.19 bits per heavy atom. The smallest absolute Gasteiger partial charge is 0.236 e. The largest absolute Gasteiger partial charge is 0.399 e. The first-order valence-corrected chi connectivity index (χ1v) is 7.06. The Kier molecular flexibility index (Phi) is 4.80. The third kappa shape index (κ3) is 4.75. The number of carbonyl (C=O) groups excluding carboxylic acids is 2. The molecule has 1 aromatic carbocycles. The van der Waals surface area contributed by atoms with E-state index in [4.69, 9.17) is 11.5 Å². The molecule has 0 radical (unpaired) electrons. The van der Waals surface area contributed by atoms with E-state index in [9.17, 15) is 9.59 Å². The summed E-state index contributed by atoms with van der Waals surface area (Å²) in [4.78, 5) is 26.9. The molecule has 0 spiro atoms. The van der Waals surface area contributed by atoms with Crippen LogP contribution in [0.15, 0.2) is 24.3 Å². The van der Waals surface area contributed by atoms with Crippen LogP contribution in [0, 0.1) is 0 Å². The molecule has 0 saturated heterocycles. The van der Waals surface area contributed by atoms with E-state index >= 15 is 0 Å². The predicted octanol–water partition coefficient (Wildman–Crippen LogP) is 0.177. The van der Waals surface area contributed by atoms with Gasteiger partial charge in [0.05, 0.1) is 13.1 Å². The molecule has 0 atom stereocenters. The van der Waals surface area contributed by atoms with Gasteiger partial charge in [0.1, 0.15) is 0 Å². The fourth-order valence-electron chi connectivity index (χ4n) is 2.24. The van der Waals surface area contributed by atoms with Gasteiger partial charge in [-0.1, -0.05) is 12.1 Å². The highest BCUT2D eigenvalue weighted by Crippen LogP contribution is 2.25. The quantitative estimate of drug-likeness (QED) is 0.700. The summed E-state index contributed by atoms with van der Waals surface area (Å²) in [5.74, 6) is -0.415. The second kappa shape index (κ2) is 6.58. The second-order valence-electron chi connectivity index (χ2n) is 5.59. The molecule has 21 heavy (non-hydrogen) atoms. The van der Waals surface area contributed by atoms with E-state index in [0.29, 0.717) is 18.3 Å². The van der Waals surface area contributed by atoms with Gasteiger partial charge in [-0.05, 0) is 30.5 Å². The van der Waals surface area contributed by atoms with Gasteiger partial charge in [-0.3, -0.25) is 14.5 Å². The van der Waals surface area contributed by atoms with Crippen LogP contribution in [0.25, 0.3) is 0 Å². The zero-order chi connectivity index (χ0) is 15.4. The number of primary amides is 1. The van der Waals surface area contributed by atoms with Crippen molar-refractivity contribution in [2.24, 2.45) is 5.73 Å². The van der Waals surface area contributed by atoms with Crippen LogP contribution in [0.5, 0.6) is 0 Å². The third-order valence-corrected chi connectivity index (χ3v) is 3.61. The van der Waals surface area contributed by atoms with Crippen molar-refractivity contribution in [2.75, 3.05) is 25.9 Å². The van der Waals surface area contributed by atoms with E-state index in [-0.39, 0.29) is 19.0 Å². The predicted molar refractivity (Wildman–Crippen MR) is 81.1 cm³/mol. The maximum absolute atomic E-state index is 12.2. The van der Waals surface area contributed by atoms with Gasteiger partial charge in [0, 0.05) is 25.3 Å². The number of nitrogen functional groups attached to an aromatic ring is 1. The van der Waals surface area contributed by atoms with Crippen molar-refractivity contribution >= 4 is 17.5 Å². The molecule has 1 aromatic rings. The highest BCUT2D eigenvalue weighted by molar-refractivity contribution is 5.80. The Morgan fingerprint density at radius 3 is 2.33 bits per heavy atom. The maximum Gasteiger partial charge on any atom is 0.236 e. The summed E-state index contributed by atoms with van der Waals surface area (Å²) in [5.41, 5.74) is 12.6. The molecule has 0 aromatic heterocycles. The number of benzene rings is 1. The fraction of sp³-hybridized carbons (Fsp3) is 0.467. The standard InChI is InChI=1S/C15H22N4O2/c1-18(13-6-7-13)15(21)10-19(9-14(17)20)8-11-2-4-12(16)5-3-11/h2-5,13H,6-10,16H2,1H3,(H2,17,20). The molecular formula is C15H22N4O2. The van der Waals surface area contributed by atoms with Crippen molar-refractivity contribution in [3.8, 4) is 0 Å². The highest BCUT2D eigenvalue weighted by Gasteiger charge is 2.30. The number of carbonyl (C=O) groups is 2. The van der Waals surface area contributed by atoms with E-state index < -0.39 is 5.91 Å². The van der Waals surface area contributed by atoms with Gasteiger partial charge in [-0.2, -0.15) is 0 Å². The lowest BCUT2D eigenvalue weighted by Gasteiger charge is -2.24. The zero-order valence-corrected chi connectivity index (χ0v) is 12.3. The first-order chi connectivity index (χ1) is 9.95. The first kappa shape index (κ1) is 15.3. The number of hydrogen-bond donors (Lipinski definition) is 2. The molecule has 6 heteroatoms. The molecule has 0 heterocycles. The monoisotopic (exact) mass is 290 g/mol. The highest BCUT2D eigenvalue weighted by atomic mass is 16.2. The van der Waals surface area contributed by atoms with E-state index in [0.717, 1.165) is 18.4 Å². The average molecular weight is 290 g/mol. The molecule has 0 unspecified atom stereocenters. The van der Waals surface area contributed by atoms with E-state index in [1.54, 1.807) is 21.9 Å². The lowest BCUT2D eigenvalue weighted by atomic mass is 10.2. The minimum Gasteiger partial charge on any atom is -0.399 e. The van der Waals surface area contributed by atoms with Crippen molar-refractivity contribution in [3.63, 3.8) is 0 Å². The van der Waals surface area contributed by atoms with Gasteiger partial charge in [-0.25, -0.2) is 0 Å². The minimum absolute atomic E-state index is 0.0224. The van der Waals surface area contributed by atoms with Crippen molar-refractivity contribution in [1.29, 1.82) is 0 Å². The second-order valence-corrected chi connectivity index (χ2v) is 5.59. The number of amides is 2. The third-order valence-electron chi connectivity index (χ3n) is 3.61. The van der Waals surface area contributed by atoms with E-state index in [1.165, 1.54) is 0 Å². The van der Waals surface area contributed by atoms with Gasteiger partial charge in [-0.15, -0.1) is 0 Å². The number of likely N-dealkylation sites (N-methyl/N-ethyl adjacent to an activating group) is 1. The van der Waals surface area contributed by atoms with Crippen LogP contribution < -0.4 is 11.5 Å². The first-order valence-electron chi connectivity index (χ1n) is 7.06. The number of anilines is 1. The van der Waals surface area contributed by atoms with Crippen molar-refractivity contribution in [3.05, 3.63) is 29.8 Å². The Labute approximate surface area is 124 Å². The van der Waals surface area contributed by atoms with E-state index in [2.05, 4.69) is 0 Å². The molecule has 0 bridgehead atoms. The maximum atomic E-state index is 12.2. The number of nitrogens with two attached hydrogens (primary N) is 2. The summed E-state index contributed by atoms with van der Waals surface area (Å²) in [7, 11) is 1.81. The molecule has 114 valence electrons. The topological polar surface area (TPSA) is 92.7 Å². The summed E-state index contributed by atoms with van der Waals surface area (Å²) in [6.45, 7) is 0.752. The van der Waals surface area contributed by atoms with Gasteiger partial charge in [0.15, 0.2) is 0 Å². The lowest BCUT2D eigenvalue weighted by Crippen LogP contribution is -2.42. The van der Waals surface area contributed by atoms with Crippen molar-refractivity contribution in [1.82, 2.24) is 9.80 Å². The average Bonchev–Trinajstić information content (AvgIpc) is 3.24. The summed E-state index contributed by atoms with van der Waals surface area (Å²) in [6, 6.07) is 7.74. The van der Waals surface area contributed by atoms with Gasteiger partial charge in [0.2, 0.25) is 11.8 Å². The van der Waals surface area contributed by atoms with E-state index in [1.807, 2.05) is 19.2 Å². The van der Waals surface area contributed by atoms with Crippen LogP contribution in [0.4, 0.5) is 5.69 Å². The molecule has 2 rings (SSSR count). The fourth-order valence-corrected chi connectivity index (χ4v) is 2.24. The Hall–Kier alpha value is -2.08. The van der Waals surface area contributed by atoms with Gasteiger partial charge < -0.3 is 16.4 Å². The zero-order valence-electron chi connectivity index (χ0n) is 12.3. The molecule has 0 aliphatic heterocycles. The summed E-state index contributed by atoms with van der Waals surface area (Å²) < 4.78 is 0. The lowest BCUT2D eigenvalue weighted by molar-refractivity contribution is -0.132. The number of hydrogen-bond acceptors (Lipinski definition) is 4.